The van der Waals surface area contributed by atoms with Crippen molar-refractivity contribution >= 4 is 57.2 Å². The molecule has 0 aromatic rings. The van der Waals surface area contributed by atoms with Crippen LogP contribution in [0.15, 0.2) is 0 Å². The summed E-state index contributed by atoms with van der Waals surface area (Å²) in [6, 6.07) is -1.79. The Morgan fingerprint density at radius 1 is 0.680 bits per heavy atom. The fraction of sp³-hybridized carbons (Fsp3) is 0.742. The van der Waals surface area contributed by atoms with Gasteiger partial charge in [0.2, 0.25) is 11.8 Å². The van der Waals surface area contributed by atoms with Gasteiger partial charge in [-0.3, -0.25) is 42.9 Å². The molecule has 0 radical (unpaired) electrons. The molecule has 0 aliphatic heterocycles. The number of hydrogen-bond donors (Lipinski definition) is 6. The summed E-state index contributed by atoms with van der Waals surface area (Å²) in [5, 5.41) is 32.1. The highest BCUT2D eigenvalue weighted by Crippen LogP contribution is 2.17. The highest BCUT2D eigenvalue weighted by molar-refractivity contribution is 7.85. The highest BCUT2D eigenvalue weighted by Gasteiger charge is 2.30. The summed E-state index contributed by atoms with van der Waals surface area (Å²) >= 11 is 0. The number of carbonyl (C=O) groups excluding carboxylic acids is 5. The maximum atomic E-state index is 12.7. The van der Waals surface area contributed by atoms with Crippen LogP contribution in [-0.2, 0) is 57.9 Å². The van der Waals surface area contributed by atoms with E-state index in [1.807, 2.05) is 0 Å². The number of Topliss-reactive ketones (excluding diaryl/α,β-unsaturated/α-hetero) is 3. The van der Waals surface area contributed by atoms with Gasteiger partial charge in [0.25, 0.3) is 10.1 Å². The average Bonchev–Trinajstić information content (AvgIpc) is 3.01. The Morgan fingerprint density at radius 3 is 1.92 bits per heavy atom. The molecule has 50 heavy (non-hydrogen) atoms. The predicted octanol–water partition coefficient (Wildman–Crippen LogP) is 0.793. The number of carboxylic acids is 3. The van der Waals surface area contributed by atoms with Crippen molar-refractivity contribution in [3.8, 4) is 0 Å². The van der Waals surface area contributed by atoms with E-state index in [1.165, 1.54) is 0 Å². The second-order valence-electron chi connectivity index (χ2n) is 11.6. The number of amides is 2. The molecule has 6 N–H and O–H groups in total. The van der Waals surface area contributed by atoms with Crippen LogP contribution >= 0.6 is 0 Å². The predicted molar refractivity (Wildman–Crippen MR) is 174 cm³/mol. The standard InChI is InChI=1S/C31H50N2O16S/c1-2-23(34)8-5-3-4-7-21(30(41)42)17-24(35)19-49-16-15-48-14-13-32-27(37)12-11-22(31(43)44)18-26(36)25(20-50(45,46)47)33-28(38)9-6-10-29(39)40/h21-22,25H,2-20H2,1H3,(H,32,37)(H,33,38)(H,39,40)(H,41,42)(H,43,44)(H,45,46,47). The first-order valence-corrected chi connectivity index (χ1v) is 18.0. The molecule has 0 fully saturated rings. The van der Waals surface area contributed by atoms with Gasteiger partial charge in [-0.25, -0.2) is 0 Å². The van der Waals surface area contributed by atoms with Crippen LogP contribution in [0.4, 0.5) is 0 Å². The SMILES string of the molecule is CCC(=O)CCCCCC(CC(=O)COCCOCCNC(=O)CCC(CC(=O)C(CS(=O)(=O)O)NC(=O)CCCC(=O)O)C(=O)O)C(=O)O. The summed E-state index contributed by atoms with van der Waals surface area (Å²) in [6.07, 6.45) is 0.827. The van der Waals surface area contributed by atoms with Crippen molar-refractivity contribution in [2.24, 2.45) is 11.8 Å². The molecule has 3 unspecified atom stereocenters. The Kier molecular flexibility index (Phi) is 24.1. The largest absolute Gasteiger partial charge is 0.481 e. The molecule has 0 spiro atoms. The third kappa shape index (κ3) is 25.2. The van der Waals surface area contributed by atoms with E-state index in [-0.39, 0.29) is 83.1 Å². The van der Waals surface area contributed by atoms with E-state index in [0.29, 0.717) is 38.5 Å². The van der Waals surface area contributed by atoms with Gasteiger partial charge in [-0.1, -0.05) is 19.8 Å². The van der Waals surface area contributed by atoms with Crippen LogP contribution in [0, 0.1) is 11.8 Å². The minimum absolute atomic E-state index is 0.0264. The van der Waals surface area contributed by atoms with Crippen molar-refractivity contribution in [1.82, 2.24) is 10.6 Å². The van der Waals surface area contributed by atoms with E-state index in [2.05, 4.69) is 10.6 Å². The van der Waals surface area contributed by atoms with Gasteiger partial charge in [0.15, 0.2) is 11.6 Å². The van der Waals surface area contributed by atoms with E-state index in [0.717, 1.165) is 0 Å². The third-order valence-electron chi connectivity index (χ3n) is 7.34. The lowest BCUT2D eigenvalue weighted by molar-refractivity contribution is -0.145. The molecule has 0 aromatic carbocycles. The van der Waals surface area contributed by atoms with Crippen LogP contribution in [0.25, 0.3) is 0 Å². The first-order valence-electron chi connectivity index (χ1n) is 16.3. The monoisotopic (exact) mass is 738 g/mol. The Hall–Kier alpha value is -3.81. The fourth-order valence-corrected chi connectivity index (χ4v) is 5.26. The van der Waals surface area contributed by atoms with E-state index in [1.54, 1.807) is 6.92 Å². The van der Waals surface area contributed by atoms with Crippen molar-refractivity contribution < 1.29 is 76.1 Å². The molecule has 286 valence electrons. The minimum Gasteiger partial charge on any atom is -0.481 e. The van der Waals surface area contributed by atoms with E-state index >= 15 is 0 Å². The zero-order chi connectivity index (χ0) is 38.1. The smallest absolute Gasteiger partial charge is 0.306 e. The van der Waals surface area contributed by atoms with Gasteiger partial charge in [0.05, 0.1) is 31.7 Å². The number of aliphatic carboxylic acids is 3. The number of rotatable bonds is 32. The molecule has 0 aliphatic rings. The number of carbonyl (C=O) groups is 8. The van der Waals surface area contributed by atoms with Crippen LogP contribution in [0.5, 0.6) is 0 Å². The lowest BCUT2D eigenvalue weighted by Crippen LogP contribution is -2.46. The molecule has 0 heterocycles. The first kappa shape index (κ1) is 46.2. The molecule has 0 rings (SSSR count). The molecule has 0 aromatic heterocycles. The number of unbranched alkanes of at least 4 members (excludes halogenated alkanes) is 2. The molecule has 0 aliphatic carbocycles. The van der Waals surface area contributed by atoms with Crippen molar-refractivity contribution in [3.05, 3.63) is 0 Å². The van der Waals surface area contributed by atoms with Gasteiger partial charge in [0, 0.05) is 51.5 Å². The van der Waals surface area contributed by atoms with Crippen LogP contribution < -0.4 is 10.6 Å². The normalized spacial score (nSPS) is 13.1. The second-order valence-corrected chi connectivity index (χ2v) is 13.1. The maximum absolute atomic E-state index is 12.7. The number of ether oxygens (including phenoxy) is 2. The van der Waals surface area contributed by atoms with Crippen molar-refractivity contribution in [2.45, 2.75) is 96.4 Å². The van der Waals surface area contributed by atoms with Crippen molar-refractivity contribution in [2.75, 3.05) is 38.7 Å². The Morgan fingerprint density at radius 2 is 1.32 bits per heavy atom. The van der Waals surface area contributed by atoms with Crippen LogP contribution in [0.2, 0.25) is 0 Å². The zero-order valence-electron chi connectivity index (χ0n) is 28.3. The molecule has 19 heteroatoms. The number of carboxylic acid groups (broad SMARTS) is 3. The zero-order valence-corrected chi connectivity index (χ0v) is 29.1. The molecule has 18 nitrogen and oxygen atoms in total. The summed E-state index contributed by atoms with van der Waals surface area (Å²) in [4.78, 5) is 94.2. The van der Waals surface area contributed by atoms with Gasteiger partial charge in [0.1, 0.15) is 24.2 Å². The number of hydrogen-bond acceptors (Lipinski definition) is 12. The lowest BCUT2D eigenvalue weighted by Gasteiger charge is -2.19. The fourth-order valence-electron chi connectivity index (χ4n) is 4.57. The second kappa shape index (κ2) is 26.1. The molecular weight excluding hydrogens is 688 g/mol. The van der Waals surface area contributed by atoms with Gasteiger partial charge < -0.3 is 35.4 Å². The molecule has 0 saturated heterocycles. The summed E-state index contributed by atoms with van der Waals surface area (Å²) in [5.74, 6) is -9.87. The topological polar surface area (TPSA) is 294 Å². The molecule has 3 atom stereocenters. The summed E-state index contributed by atoms with van der Waals surface area (Å²) in [7, 11) is -4.77. The van der Waals surface area contributed by atoms with Crippen LogP contribution in [-0.4, -0.2) is 120 Å². The Balaban J connectivity index is 4.43. The van der Waals surface area contributed by atoms with Crippen molar-refractivity contribution in [3.63, 3.8) is 0 Å². The average molecular weight is 739 g/mol. The Labute approximate surface area is 290 Å². The summed E-state index contributed by atoms with van der Waals surface area (Å²) in [5.41, 5.74) is 0. The van der Waals surface area contributed by atoms with Crippen LogP contribution in [0.1, 0.15) is 90.4 Å². The summed E-state index contributed by atoms with van der Waals surface area (Å²) < 4.78 is 42.4. The van der Waals surface area contributed by atoms with Gasteiger partial charge in [-0.15, -0.1) is 0 Å². The summed E-state index contributed by atoms with van der Waals surface area (Å²) in [6.45, 7) is 1.65. The van der Waals surface area contributed by atoms with Gasteiger partial charge in [-0.2, -0.15) is 8.42 Å². The number of ketones is 3. The van der Waals surface area contributed by atoms with E-state index < -0.39 is 75.7 Å². The maximum Gasteiger partial charge on any atom is 0.306 e. The number of nitrogens with one attached hydrogen (secondary N) is 2. The van der Waals surface area contributed by atoms with Crippen molar-refractivity contribution in [1.29, 1.82) is 0 Å². The molecular formula is C31H50N2O16S. The quantitative estimate of drug-likeness (QED) is 0.0411. The Bertz CT molecular complexity index is 1250. The van der Waals surface area contributed by atoms with Crippen LogP contribution in [0.3, 0.4) is 0 Å². The van der Waals surface area contributed by atoms with Gasteiger partial charge >= 0.3 is 17.9 Å². The molecule has 2 amide bonds. The minimum atomic E-state index is -4.77. The molecule has 0 bridgehead atoms. The highest BCUT2D eigenvalue weighted by atomic mass is 32.2. The third-order valence-corrected chi connectivity index (χ3v) is 8.10. The van der Waals surface area contributed by atoms with Gasteiger partial charge in [-0.05, 0) is 25.7 Å². The van der Waals surface area contributed by atoms with E-state index in [4.69, 9.17) is 19.1 Å². The van der Waals surface area contributed by atoms with E-state index in [9.17, 15) is 57.0 Å². The lowest BCUT2D eigenvalue weighted by atomic mass is 9.94. The molecule has 0 saturated carbocycles. The first-order chi connectivity index (χ1) is 23.4.